The Labute approximate surface area is 195 Å². The van der Waals surface area contributed by atoms with Gasteiger partial charge >= 0.3 is 0 Å². The lowest BCUT2D eigenvalue weighted by Gasteiger charge is -2.20. The van der Waals surface area contributed by atoms with Crippen LogP contribution in [0.3, 0.4) is 0 Å². The van der Waals surface area contributed by atoms with E-state index < -0.39 is 0 Å². The standard InChI is InChI=1S/C24H23N3O5S/c1-29-17-6-8-18(9-7-17)32-15-21(28)27(14-16-5-4-12-25-13-16)24-26-22-19(30-2)10-11-20(31-3)23(22)33-24/h4-13H,14-15H2,1-3H3. The molecule has 2 heterocycles. The number of ether oxygens (including phenoxy) is 4. The van der Waals surface area contributed by atoms with Crippen LogP contribution in [-0.2, 0) is 11.3 Å². The second-order valence-corrected chi connectivity index (χ2v) is 7.93. The van der Waals surface area contributed by atoms with E-state index in [0.717, 1.165) is 10.3 Å². The van der Waals surface area contributed by atoms with Crippen LogP contribution in [-0.4, -0.2) is 43.8 Å². The minimum atomic E-state index is -0.244. The number of methoxy groups -OCH3 is 3. The van der Waals surface area contributed by atoms with E-state index in [4.69, 9.17) is 23.9 Å². The number of fused-ring (bicyclic) bond motifs is 1. The maximum Gasteiger partial charge on any atom is 0.267 e. The van der Waals surface area contributed by atoms with Gasteiger partial charge in [-0.3, -0.25) is 14.7 Å². The molecule has 0 saturated carbocycles. The maximum absolute atomic E-state index is 13.3. The summed E-state index contributed by atoms with van der Waals surface area (Å²) in [6.45, 7) is 0.139. The molecule has 0 saturated heterocycles. The van der Waals surface area contributed by atoms with Gasteiger partial charge in [-0.2, -0.15) is 0 Å². The molecule has 1 amide bonds. The third-order valence-corrected chi connectivity index (χ3v) is 6.01. The lowest BCUT2D eigenvalue weighted by atomic mass is 10.2. The van der Waals surface area contributed by atoms with E-state index in [-0.39, 0.29) is 12.5 Å². The van der Waals surface area contributed by atoms with Gasteiger partial charge in [0.05, 0.1) is 27.9 Å². The van der Waals surface area contributed by atoms with Crippen LogP contribution < -0.4 is 23.8 Å². The molecule has 4 rings (SSSR count). The summed E-state index contributed by atoms with van der Waals surface area (Å²) in [7, 11) is 4.78. The molecule has 2 aromatic carbocycles. The molecule has 170 valence electrons. The van der Waals surface area contributed by atoms with Crippen molar-refractivity contribution in [3.63, 3.8) is 0 Å². The van der Waals surface area contributed by atoms with Gasteiger partial charge in [-0.15, -0.1) is 0 Å². The van der Waals surface area contributed by atoms with Crippen molar-refractivity contribution < 1.29 is 23.7 Å². The van der Waals surface area contributed by atoms with Crippen LogP contribution in [0.1, 0.15) is 5.56 Å². The van der Waals surface area contributed by atoms with Crippen LogP contribution in [0.25, 0.3) is 10.2 Å². The average Bonchev–Trinajstić information content (AvgIpc) is 3.31. The summed E-state index contributed by atoms with van der Waals surface area (Å²) in [5.74, 6) is 2.31. The van der Waals surface area contributed by atoms with Gasteiger partial charge in [-0.1, -0.05) is 17.4 Å². The minimum Gasteiger partial charge on any atom is -0.497 e. The van der Waals surface area contributed by atoms with Crippen molar-refractivity contribution in [2.24, 2.45) is 0 Å². The first-order valence-corrected chi connectivity index (χ1v) is 10.9. The van der Waals surface area contributed by atoms with Crippen molar-refractivity contribution in [3.05, 3.63) is 66.5 Å². The molecule has 0 aliphatic heterocycles. The van der Waals surface area contributed by atoms with Crippen LogP contribution in [0.5, 0.6) is 23.0 Å². The normalized spacial score (nSPS) is 10.6. The number of pyridine rings is 1. The van der Waals surface area contributed by atoms with Crippen LogP contribution in [0.4, 0.5) is 5.13 Å². The van der Waals surface area contributed by atoms with Crippen molar-refractivity contribution >= 4 is 32.6 Å². The van der Waals surface area contributed by atoms with Crippen LogP contribution in [0.15, 0.2) is 60.9 Å². The van der Waals surface area contributed by atoms with Gasteiger partial charge in [0.15, 0.2) is 11.7 Å². The zero-order valence-electron chi connectivity index (χ0n) is 18.5. The fourth-order valence-electron chi connectivity index (χ4n) is 3.22. The van der Waals surface area contributed by atoms with Gasteiger partial charge in [0.2, 0.25) is 0 Å². The first-order chi connectivity index (χ1) is 16.1. The lowest BCUT2D eigenvalue weighted by molar-refractivity contribution is -0.120. The van der Waals surface area contributed by atoms with E-state index >= 15 is 0 Å². The lowest BCUT2D eigenvalue weighted by Crippen LogP contribution is -2.34. The summed E-state index contributed by atoms with van der Waals surface area (Å²) in [5, 5.41) is 0.514. The summed E-state index contributed by atoms with van der Waals surface area (Å²) in [6, 6.07) is 14.4. The van der Waals surface area contributed by atoms with Gasteiger partial charge in [0.25, 0.3) is 5.91 Å². The van der Waals surface area contributed by atoms with Crippen molar-refractivity contribution in [2.75, 3.05) is 32.8 Å². The van der Waals surface area contributed by atoms with E-state index in [1.807, 2.05) is 18.2 Å². The van der Waals surface area contributed by atoms with Crippen LogP contribution >= 0.6 is 11.3 Å². The van der Waals surface area contributed by atoms with Gasteiger partial charge in [0, 0.05) is 12.4 Å². The van der Waals surface area contributed by atoms with E-state index in [1.54, 1.807) is 69.0 Å². The Morgan fingerprint density at radius 3 is 2.33 bits per heavy atom. The molecule has 0 aliphatic rings. The summed E-state index contributed by atoms with van der Waals surface area (Å²) in [4.78, 5) is 23.8. The highest BCUT2D eigenvalue weighted by molar-refractivity contribution is 7.22. The topological polar surface area (TPSA) is 83.0 Å². The van der Waals surface area contributed by atoms with Crippen LogP contribution in [0, 0.1) is 0 Å². The summed E-state index contributed by atoms with van der Waals surface area (Å²) in [5.41, 5.74) is 1.50. The quantitative estimate of drug-likeness (QED) is 0.364. The first-order valence-electron chi connectivity index (χ1n) is 10.1. The highest BCUT2D eigenvalue weighted by atomic mass is 32.1. The Morgan fingerprint density at radius 1 is 0.939 bits per heavy atom. The summed E-state index contributed by atoms with van der Waals surface area (Å²) >= 11 is 1.36. The molecule has 0 fully saturated rings. The van der Waals surface area contributed by atoms with E-state index in [9.17, 15) is 4.79 Å². The van der Waals surface area contributed by atoms with Crippen LogP contribution in [0.2, 0.25) is 0 Å². The second kappa shape index (κ2) is 10.2. The number of carbonyl (C=O) groups is 1. The third kappa shape index (κ3) is 4.98. The number of rotatable bonds is 9. The van der Waals surface area contributed by atoms with E-state index in [1.165, 1.54) is 11.3 Å². The average molecular weight is 466 g/mol. The van der Waals surface area contributed by atoms with Gasteiger partial charge in [-0.05, 0) is 48.0 Å². The van der Waals surface area contributed by atoms with Crippen molar-refractivity contribution in [2.45, 2.75) is 6.54 Å². The second-order valence-electron chi connectivity index (χ2n) is 6.95. The zero-order valence-corrected chi connectivity index (χ0v) is 19.3. The Bertz CT molecular complexity index is 1190. The molecule has 0 aliphatic carbocycles. The largest absolute Gasteiger partial charge is 0.497 e. The third-order valence-electron chi connectivity index (χ3n) is 4.92. The molecule has 0 N–H and O–H groups in total. The van der Waals surface area contributed by atoms with E-state index in [2.05, 4.69) is 4.98 Å². The fourth-order valence-corrected chi connectivity index (χ4v) is 4.31. The number of benzene rings is 2. The Morgan fingerprint density at radius 2 is 1.67 bits per heavy atom. The summed E-state index contributed by atoms with van der Waals surface area (Å²) in [6.07, 6.45) is 3.41. The number of thiazole rings is 1. The van der Waals surface area contributed by atoms with Crippen molar-refractivity contribution in [1.82, 2.24) is 9.97 Å². The zero-order chi connectivity index (χ0) is 23.2. The molecule has 8 nitrogen and oxygen atoms in total. The minimum absolute atomic E-state index is 0.156. The Kier molecular flexibility index (Phi) is 6.89. The summed E-state index contributed by atoms with van der Waals surface area (Å²) < 4.78 is 22.6. The highest BCUT2D eigenvalue weighted by Crippen LogP contribution is 2.40. The maximum atomic E-state index is 13.3. The molecular weight excluding hydrogens is 442 g/mol. The number of anilines is 1. The first kappa shape index (κ1) is 22.3. The number of amides is 1. The van der Waals surface area contributed by atoms with Gasteiger partial charge < -0.3 is 18.9 Å². The predicted octanol–water partition coefficient (Wildman–Crippen LogP) is 4.33. The van der Waals surface area contributed by atoms with Gasteiger partial charge in [0.1, 0.15) is 33.2 Å². The molecule has 0 bridgehead atoms. The SMILES string of the molecule is COc1ccc(OCC(=O)N(Cc2cccnc2)c2nc3c(OC)ccc(OC)c3s2)cc1. The molecule has 0 radical (unpaired) electrons. The van der Waals surface area contributed by atoms with E-state index in [0.29, 0.717) is 40.2 Å². The molecule has 4 aromatic rings. The van der Waals surface area contributed by atoms with Gasteiger partial charge in [-0.25, -0.2) is 4.98 Å². The number of nitrogens with zero attached hydrogens (tertiary/aromatic N) is 3. The fraction of sp³-hybridized carbons (Fsp3) is 0.208. The van der Waals surface area contributed by atoms with Crippen molar-refractivity contribution in [1.29, 1.82) is 0 Å². The number of carbonyl (C=O) groups excluding carboxylic acids is 1. The molecule has 33 heavy (non-hydrogen) atoms. The molecule has 0 spiro atoms. The van der Waals surface area contributed by atoms with Crippen molar-refractivity contribution in [3.8, 4) is 23.0 Å². The Balaban J connectivity index is 1.65. The number of hydrogen-bond acceptors (Lipinski definition) is 8. The molecule has 9 heteroatoms. The monoisotopic (exact) mass is 465 g/mol. The predicted molar refractivity (Wildman–Crippen MR) is 127 cm³/mol. The number of aromatic nitrogens is 2. The smallest absolute Gasteiger partial charge is 0.267 e. The Hall–Kier alpha value is -3.85. The molecule has 0 unspecified atom stereocenters. The number of hydrogen-bond donors (Lipinski definition) is 0. The molecule has 0 atom stereocenters. The molecular formula is C24H23N3O5S. The molecule has 2 aromatic heterocycles. The highest BCUT2D eigenvalue weighted by Gasteiger charge is 2.23.